The van der Waals surface area contributed by atoms with E-state index in [-0.39, 0.29) is 20.1 Å². The third kappa shape index (κ3) is 5.36. The van der Waals surface area contributed by atoms with Crippen LogP contribution >= 0.6 is 22.9 Å². The van der Waals surface area contributed by atoms with Crippen molar-refractivity contribution in [2.24, 2.45) is 0 Å². The molecule has 2 N–H and O–H groups in total. The molecule has 0 spiro atoms. The first-order valence-corrected chi connectivity index (χ1v) is 12.1. The van der Waals surface area contributed by atoms with Gasteiger partial charge in [-0.05, 0) is 36.2 Å². The number of sulfonamides is 1. The fraction of sp³-hybridized carbons (Fsp3) is 0.250. The van der Waals surface area contributed by atoms with Gasteiger partial charge in [0.25, 0.3) is 15.9 Å². The minimum absolute atomic E-state index is 0.0365. The molecule has 1 heterocycles. The van der Waals surface area contributed by atoms with Gasteiger partial charge in [-0.25, -0.2) is 13.1 Å². The van der Waals surface area contributed by atoms with Crippen LogP contribution in [0.3, 0.4) is 0 Å². The van der Waals surface area contributed by atoms with Crippen molar-refractivity contribution in [3.8, 4) is 11.5 Å². The summed E-state index contributed by atoms with van der Waals surface area (Å²) >= 11 is 6.76. The van der Waals surface area contributed by atoms with Gasteiger partial charge < -0.3 is 9.47 Å². The predicted molar refractivity (Wildman–Crippen MR) is 122 cm³/mol. The van der Waals surface area contributed by atoms with Crippen molar-refractivity contribution >= 4 is 44.0 Å². The quantitative estimate of drug-likeness (QED) is 0.431. The molecular weight excluding hydrogens is 476 g/mol. The lowest BCUT2D eigenvalue weighted by molar-refractivity contribution is 0.102. The minimum atomic E-state index is -4.00. The Morgan fingerprint density at radius 3 is 2.50 bits per heavy atom. The molecule has 0 bridgehead atoms. The topological polar surface area (TPSA) is 120 Å². The number of anilines is 1. The molecular formula is C20H21ClN4O5S2. The third-order valence-electron chi connectivity index (χ3n) is 4.49. The highest BCUT2D eigenvalue weighted by Crippen LogP contribution is 2.32. The SMILES string of the molecule is CCC(NS(=O)(=O)c1nnc(NC(=O)c2ccccc2Cl)s1)c1ccc(OC)c(OC)c1. The molecule has 0 saturated heterocycles. The molecule has 170 valence electrons. The van der Waals surface area contributed by atoms with E-state index < -0.39 is 22.0 Å². The van der Waals surface area contributed by atoms with E-state index >= 15 is 0 Å². The van der Waals surface area contributed by atoms with E-state index in [1.165, 1.54) is 14.2 Å². The van der Waals surface area contributed by atoms with Gasteiger partial charge in [0.1, 0.15) is 0 Å². The van der Waals surface area contributed by atoms with Crippen molar-refractivity contribution in [3.05, 3.63) is 58.6 Å². The zero-order valence-corrected chi connectivity index (χ0v) is 19.8. The van der Waals surface area contributed by atoms with Gasteiger partial charge in [0, 0.05) is 6.04 Å². The summed E-state index contributed by atoms with van der Waals surface area (Å²) in [5.74, 6) is 0.514. The molecule has 0 aliphatic heterocycles. The standard InChI is InChI=1S/C20H21ClN4O5S2/c1-4-15(12-9-10-16(29-2)17(11-12)30-3)25-32(27,28)20-24-23-19(31-20)22-18(26)13-7-5-6-8-14(13)21/h5-11,15,25H,4H2,1-3H3,(H,22,23,26). The number of hydrogen-bond donors (Lipinski definition) is 2. The number of aromatic nitrogens is 2. The Morgan fingerprint density at radius 1 is 1.12 bits per heavy atom. The summed E-state index contributed by atoms with van der Waals surface area (Å²) in [5.41, 5.74) is 0.942. The zero-order chi connectivity index (χ0) is 23.3. The van der Waals surface area contributed by atoms with Crippen molar-refractivity contribution < 1.29 is 22.7 Å². The normalized spacial score (nSPS) is 12.2. The molecule has 1 aromatic heterocycles. The molecule has 9 nitrogen and oxygen atoms in total. The van der Waals surface area contributed by atoms with Gasteiger partial charge in [-0.1, -0.05) is 48.1 Å². The number of carbonyl (C=O) groups is 1. The number of hydrogen-bond acceptors (Lipinski definition) is 8. The third-order valence-corrected chi connectivity index (χ3v) is 7.50. The monoisotopic (exact) mass is 496 g/mol. The Kier molecular flexibility index (Phi) is 7.67. The Balaban J connectivity index is 1.77. The van der Waals surface area contributed by atoms with Crippen molar-refractivity contribution in [2.75, 3.05) is 19.5 Å². The number of benzene rings is 2. The van der Waals surface area contributed by atoms with Gasteiger partial charge in [-0.15, -0.1) is 10.2 Å². The van der Waals surface area contributed by atoms with Gasteiger partial charge in [-0.3, -0.25) is 10.1 Å². The molecule has 0 fully saturated rings. The average Bonchev–Trinajstić information content (AvgIpc) is 3.26. The highest BCUT2D eigenvalue weighted by molar-refractivity contribution is 7.91. The van der Waals surface area contributed by atoms with Gasteiger partial charge in [0.05, 0.1) is 24.8 Å². The zero-order valence-electron chi connectivity index (χ0n) is 17.5. The van der Waals surface area contributed by atoms with Crippen LogP contribution in [0.2, 0.25) is 5.02 Å². The number of amides is 1. The first-order chi connectivity index (χ1) is 15.3. The highest BCUT2D eigenvalue weighted by atomic mass is 35.5. The van der Waals surface area contributed by atoms with Crippen LogP contribution in [0, 0.1) is 0 Å². The number of ether oxygens (including phenoxy) is 2. The summed E-state index contributed by atoms with van der Waals surface area (Å²) in [5, 5.41) is 10.3. The van der Waals surface area contributed by atoms with Crippen molar-refractivity contribution in [2.45, 2.75) is 23.7 Å². The molecule has 0 aliphatic rings. The van der Waals surface area contributed by atoms with Crippen LogP contribution < -0.4 is 19.5 Å². The molecule has 12 heteroatoms. The van der Waals surface area contributed by atoms with Gasteiger partial charge in [-0.2, -0.15) is 0 Å². The maximum Gasteiger partial charge on any atom is 0.270 e. The Labute approximate surface area is 194 Å². The summed E-state index contributed by atoms with van der Waals surface area (Å²) in [6.45, 7) is 1.85. The van der Waals surface area contributed by atoms with Crippen LogP contribution in [0.1, 0.15) is 35.3 Å². The van der Waals surface area contributed by atoms with E-state index in [1.54, 1.807) is 42.5 Å². The fourth-order valence-corrected chi connectivity index (χ4v) is 5.31. The van der Waals surface area contributed by atoms with Gasteiger partial charge in [0.15, 0.2) is 11.5 Å². The second-order valence-electron chi connectivity index (χ2n) is 6.50. The number of halogens is 1. The van der Waals surface area contributed by atoms with Crippen LogP contribution in [0.4, 0.5) is 5.13 Å². The second-order valence-corrected chi connectivity index (χ2v) is 9.78. The number of methoxy groups -OCH3 is 2. The van der Waals surface area contributed by atoms with Crippen LogP contribution in [0.15, 0.2) is 46.8 Å². The number of rotatable bonds is 9. The maximum atomic E-state index is 12.9. The number of nitrogens with one attached hydrogen (secondary N) is 2. The van der Waals surface area contributed by atoms with Crippen LogP contribution in [0.5, 0.6) is 11.5 Å². The van der Waals surface area contributed by atoms with Gasteiger partial charge in [0.2, 0.25) is 9.47 Å². The lowest BCUT2D eigenvalue weighted by Gasteiger charge is -2.18. The molecule has 3 aromatic rings. The number of carbonyl (C=O) groups excluding carboxylic acids is 1. The Bertz CT molecular complexity index is 1220. The van der Waals surface area contributed by atoms with E-state index in [0.29, 0.717) is 23.5 Å². The molecule has 3 rings (SSSR count). The van der Waals surface area contributed by atoms with E-state index in [9.17, 15) is 13.2 Å². The summed E-state index contributed by atoms with van der Waals surface area (Å²) < 4.78 is 38.6. The smallest absolute Gasteiger partial charge is 0.270 e. The first-order valence-electron chi connectivity index (χ1n) is 9.42. The fourth-order valence-electron chi connectivity index (χ4n) is 2.87. The first kappa shape index (κ1) is 23.9. The molecule has 1 unspecified atom stereocenters. The summed E-state index contributed by atoms with van der Waals surface area (Å²) in [6.07, 6.45) is 0.476. The summed E-state index contributed by atoms with van der Waals surface area (Å²) in [4.78, 5) is 12.4. The van der Waals surface area contributed by atoms with Crippen molar-refractivity contribution in [1.82, 2.24) is 14.9 Å². The van der Waals surface area contributed by atoms with Crippen LogP contribution in [-0.2, 0) is 10.0 Å². The summed E-state index contributed by atoms with van der Waals surface area (Å²) in [6, 6.07) is 11.1. The van der Waals surface area contributed by atoms with E-state index in [2.05, 4.69) is 20.2 Å². The maximum absolute atomic E-state index is 12.9. The molecule has 0 saturated carbocycles. The van der Waals surface area contributed by atoms with E-state index in [4.69, 9.17) is 21.1 Å². The second kappa shape index (κ2) is 10.3. The Morgan fingerprint density at radius 2 is 1.84 bits per heavy atom. The van der Waals surface area contributed by atoms with Crippen LogP contribution in [0.25, 0.3) is 0 Å². The molecule has 0 radical (unpaired) electrons. The van der Waals surface area contributed by atoms with E-state index in [1.807, 2.05) is 6.92 Å². The van der Waals surface area contributed by atoms with Crippen molar-refractivity contribution in [3.63, 3.8) is 0 Å². The lowest BCUT2D eigenvalue weighted by atomic mass is 10.1. The van der Waals surface area contributed by atoms with Crippen LogP contribution in [-0.4, -0.2) is 38.7 Å². The molecule has 1 atom stereocenters. The molecule has 32 heavy (non-hydrogen) atoms. The average molecular weight is 497 g/mol. The summed E-state index contributed by atoms with van der Waals surface area (Å²) in [7, 11) is -0.968. The molecule has 1 amide bonds. The molecule has 0 aliphatic carbocycles. The van der Waals surface area contributed by atoms with Crippen molar-refractivity contribution in [1.29, 1.82) is 0 Å². The van der Waals surface area contributed by atoms with Gasteiger partial charge >= 0.3 is 0 Å². The largest absolute Gasteiger partial charge is 0.493 e. The predicted octanol–water partition coefficient (Wildman–Crippen LogP) is 3.89. The minimum Gasteiger partial charge on any atom is -0.493 e. The Hall–Kier alpha value is -2.73. The van der Waals surface area contributed by atoms with E-state index in [0.717, 1.165) is 11.3 Å². The lowest BCUT2D eigenvalue weighted by Crippen LogP contribution is -2.28. The number of nitrogens with zero attached hydrogens (tertiary/aromatic N) is 2. The highest BCUT2D eigenvalue weighted by Gasteiger charge is 2.26. The molecule has 2 aromatic carbocycles.